The fourth-order valence-corrected chi connectivity index (χ4v) is 2.13. The van der Waals surface area contributed by atoms with Crippen LogP contribution >= 0.6 is 0 Å². The molecular weight excluding hydrogens is 224 g/mol. The van der Waals surface area contributed by atoms with Crippen molar-refractivity contribution in [1.82, 2.24) is 4.57 Å². The zero-order chi connectivity index (χ0) is 13.4. The fourth-order valence-electron chi connectivity index (χ4n) is 2.13. The van der Waals surface area contributed by atoms with Gasteiger partial charge in [-0.25, -0.2) is 0 Å². The summed E-state index contributed by atoms with van der Waals surface area (Å²) in [5.74, 6) is -0.377. The predicted octanol–water partition coefficient (Wildman–Crippen LogP) is 2.72. The largest absolute Gasteiger partial charge is 0.366 e. The molecule has 0 aliphatic heterocycles. The Hall–Kier alpha value is -2.03. The number of primary amides is 1. The number of rotatable bonds is 2. The maximum atomic E-state index is 11.3. The molecule has 2 rings (SSSR count). The van der Waals surface area contributed by atoms with Crippen molar-refractivity contribution in [2.24, 2.45) is 12.8 Å². The molecule has 0 unspecified atom stereocenters. The second-order valence-electron chi connectivity index (χ2n) is 4.75. The summed E-state index contributed by atoms with van der Waals surface area (Å²) in [5, 5.41) is 0. The number of nitrogens with two attached hydrogens (primary N) is 1. The van der Waals surface area contributed by atoms with Gasteiger partial charge in [-0.15, -0.1) is 0 Å². The second kappa shape index (κ2) is 4.33. The summed E-state index contributed by atoms with van der Waals surface area (Å²) in [7, 11) is 1.95. The van der Waals surface area contributed by atoms with E-state index in [1.807, 2.05) is 24.6 Å². The predicted molar refractivity (Wildman–Crippen MR) is 73.6 cm³/mol. The summed E-state index contributed by atoms with van der Waals surface area (Å²) >= 11 is 0. The summed E-state index contributed by atoms with van der Waals surface area (Å²) in [4.78, 5) is 11.3. The van der Waals surface area contributed by atoms with Crippen molar-refractivity contribution < 1.29 is 4.79 Å². The van der Waals surface area contributed by atoms with E-state index >= 15 is 0 Å². The number of hydrogen-bond donors (Lipinski definition) is 1. The molecule has 0 fully saturated rings. The molecule has 1 aromatic carbocycles. The Kier molecular flexibility index (Phi) is 2.99. The van der Waals surface area contributed by atoms with Crippen LogP contribution in [0.15, 0.2) is 24.3 Å². The lowest BCUT2D eigenvalue weighted by atomic mass is 10.0. The standard InChI is InChI=1S/C15H18N2O/c1-9-5-6-12(7-10(9)2)14-8-13(15(16)18)11(3)17(14)4/h5-8H,1-4H3,(H2,16,18). The number of aryl methyl sites for hydroxylation is 2. The highest BCUT2D eigenvalue weighted by molar-refractivity contribution is 5.95. The molecule has 1 amide bonds. The van der Waals surface area contributed by atoms with Crippen molar-refractivity contribution in [3.63, 3.8) is 0 Å². The van der Waals surface area contributed by atoms with Gasteiger partial charge in [-0.3, -0.25) is 4.79 Å². The molecule has 1 heterocycles. The number of aromatic nitrogens is 1. The third-order valence-corrected chi connectivity index (χ3v) is 3.60. The minimum absolute atomic E-state index is 0.377. The molecule has 0 radical (unpaired) electrons. The molecule has 0 atom stereocenters. The molecule has 0 spiro atoms. The maximum Gasteiger partial charge on any atom is 0.250 e. The van der Waals surface area contributed by atoms with Crippen LogP contribution in [-0.4, -0.2) is 10.5 Å². The van der Waals surface area contributed by atoms with E-state index in [0.29, 0.717) is 5.56 Å². The first kappa shape index (κ1) is 12.4. The van der Waals surface area contributed by atoms with Crippen LogP contribution in [0.3, 0.4) is 0 Å². The molecule has 3 heteroatoms. The summed E-state index contributed by atoms with van der Waals surface area (Å²) < 4.78 is 2.00. The van der Waals surface area contributed by atoms with Gasteiger partial charge in [-0.2, -0.15) is 0 Å². The quantitative estimate of drug-likeness (QED) is 0.864. The molecule has 94 valence electrons. The van der Waals surface area contributed by atoms with Gasteiger partial charge in [0.05, 0.1) is 5.56 Å². The summed E-state index contributed by atoms with van der Waals surface area (Å²) in [5.41, 5.74) is 11.5. The van der Waals surface area contributed by atoms with Gasteiger partial charge in [0.25, 0.3) is 5.91 Å². The fraction of sp³-hybridized carbons (Fsp3) is 0.267. The first-order chi connectivity index (χ1) is 8.41. The SMILES string of the molecule is Cc1ccc(-c2cc(C(N)=O)c(C)n2C)cc1C. The molecule has 0 bridgehead atoms. The highest BCUT2D eigenvalue weighted by atomic mass is 16.1. The Morgan fingerprint density at radius 2 is 1.78 bits per heavy atom. The first-order valence-electron chi connectivity index (χ1n) is 5.95. The van der Waals surface area contributed by atoms with E-state index in [1.165, 1.54) is 11.1 Å². The minimum atomic E-state index is -0.377. The van der Waals surface area contributed by atoms with Crippen LogP contribution in [0.1, 0.15) is 27.2 Å². The minimum Gasteiger partial charge on any atom is -0.366 e. The highest BCUT2D eigenvalue weighted by Gasteiger charge is 2.14. The van der Waals surface area contributed by atoms with Crippen molar-refractivity contribution in [3.05, 3.63) is 46.6 Å². The number of nitrogens with zero attached hydrogens (tertiary/aromatic N) is 1. The zero-order valence-corrected chi connectivity index (χ0v) is 11.2. The summed E-state index contributed by atoms with van der Waals surface area (Å²) in [6, 6.07) is 8.16. The highest BCUT2D eigenvalue weighted by Crippen LogP contribution is 2.26. The molecule has 1 aromatic heterocycles. The molecule has 0 aliphatic carbocycles. The third kappa shape index (κ3) is 1.92. The average molecular weight is 242 g/mol. The molecule has 0 aliphatic rings. The average Bonchev–Trinajstić information content (AvgIpc) is 2.60. The van der Waals surface area contributed by atoms with Crippen LogP contribution in [0, 0.1) is 20.8 Å². The van der Waals surface area contributed by atoms with Crippen molar-refractivity contribution in [2.45, 2.75) is 20.8 Å². The van der Waals surface area contributed by atoms with Gasteiger partial charge in [0.15, 0.2) is 0 Å². The Labute approximate surface area is 107 Å². The van der Waals surface area contributed by atoms with E-state index < -0.39 is 0 Å². The molecule has 0 saturated carbocycles. The van der Waals surface area contributed by atoms with Gasteiger partial charge >= 0.3 is 0 Å². The second-order valence-corrected chi connectivity index (χ2v) is 4.75. The molecule has 0 saturated heterocycles. The van der Waals surface area contributed by atoms with Crippen LogP contribution in [-0.2, 0) is 7.05 Å². The van der Waals surface area contributed by atoms with E-state index in [0.717, 1.165) is 17.0 Å². The molecule has 2 aromatic rings. The van der Waals surface area contributed by atoms with Gasteiger partial charge in [0.1, 0.15) is 0 Å². The van der Waals surface area contributed by atoms with Crippen LogP contribution in [0.25, 0.3) is 11.3 Å². The van der Waals surface area contributed by atoms with Crippen molar-refractivity contribution in [1.29, 1.82) is 0 Å². The van der Waals surface area contributed by atoms with Crippen LogP contribution in [0.5, 0.6) is 0 Å². The van der Waals surface area contributed by atoms with Crippen LogP contribution in [0.4, 0.5) is 0 Å². The number of benzene rings is 1. The van der Waals surface area contributed by atoms with Gasteiger partial charge in [-0.05, 0) is 49.6 Å². The Morgan fingerprint density at radius 3 is 2.28 bits per heavy atom. The first-order valence-corrected chi connectivity index (χ1v) is 5.95. The number of carbonyl (C=O) groups is 1. The van der Waals surface area contributed by atoms with Crippen molar-refractivity contribution >= 4 is 5.91 Å². The monoisotopic (exact) mass is 242 g/mol. The molecule has 2 N–H and O–H groups in total. The van der Waals surface area contributed by atoms with E-state index in [-0.39, 0.29) is 5.91 Å². The Balaban J connectivity index is 2.61. The third-order valence-electron chi connectivity index (χ3n) is 3.60. The zero-order valence-electron chi connectivity index (χ0n) is 11.2. The molecule has 3 nitrogen and oxygen atoms in total. The summed E-state index contributed by atoms with van der Waals surface area (Å²) in [6.45, 7) is 6.08. The molecular formula is C15H18N2O. The van der Waals surface area contributed by atoms with E-state index in [9.17, 15) is 4.79 Å². The lowest BCUT2D eigenvalue weighted by molar-refractivity contribution is 0.0999. The normalized spacial score (nSPS) is 10.7. The topological polar surface area (TPSA) is 48.0 Å². The van der Waals surface area contributed by atoms with Crippen molar-refractivity contribution in [3.8, 4) is 11.3 Å². The number of amides is 1. The van der Waals surface area contributed by atoms with Gasteiger partial charge in [-0.1, -0.05) is 12.1 Å². The lowest BCUT2D eigenvalue weighted by Gasteiger charge is -2.07. The van der Waals surface area contributed by atoms with Crippen molar-refractivity contribution in [2.75, 3.05) is 0 Å². The van der Waals surface area contributed by atoms with E-state index in [1.54, 1.807) is 0 Å². The van der Waals surface area contributed by atoms with Gasteiger partial charge < -0.3 is 10.3 Å². The Bertz CT molecular complexity index is 624. The number of hydrogen-bond acceptors (Lipinski definition) is 1. The molecule has 18 heavy (non-hydrogen) atoms. The number of carbonyl (C=O) groups excluding carboxylic acids is 1. The van der Waals surface area contributed by atoms with Gasteiger partial charge in [0, 0.05) is 18.4 Å². The smallest absolute Gasteiger partial charge is 0.250 e. The van der Waals surface area contributed by atoms with E-state index in [2.05, 4.69) is 32.0 Å². The lowest BCUT2D eigenvalue weighted by Crippen LogP contribution is -2.11. The van der Waals surface area contributed by atoms with Crippen LogP contribution < -0.4 is 5.73 Å². The Morgan fingerprint density at radius 1 is 1.11 bits per heavy atom. The van der Waals surface area contributed by atoms with Gasteiger partial charge in [0.2, 0.25) is 0 Å². The van der Waals surface area contributed by atoms with E-state index in [4.69, 9.17) is 5.73 Å². The van der Waals surface area contributed by atoms with Crippen LogP contribution in [0.2, 0.25) is 0 Å². The summed E-state index contributed by atoms with van der Waals surface area (Å²) in [6.07, 6.45) is 0. The maximum absolute atomic E-state index is 11.3.